The fourth-order valence-corrected chi connectivity index (χ4v) is 10.4. The van der Waals surface area contributed by atoms with Crippen LogP contribution in [0.1, 0.15) is 141 Å². The molecule has 11 atom stereocenters. The van der Waals surface area contributed by atoms with Gasteiger partial charge in [0.15, 0.2) is 6.29 Å². The number of benzene rings is 1. The van der Waals surface area contributed by atoms with E-state index in [1.54, 1.807) is 44.5 Å². The number of rotatable bonds is 35. The van der Waals surface area contributed by atoms with Crippen molar-refractivity contribution in [3.8, 4) is 0 Å². The molecule has 1 aliphatic heterocycles. The van der Waals surface area contributed by atoms with Gasteiger partial charge in [0, 0.05) is 53.7 Å². The first kappa shape index (κ1) is 75.6. The Balaban J connectivity index is 2.08. The van der Waals surface area contributed by atoms with E-state index in [9.17, 15) is 43.5 Å². The lowest BCUT2D eigenvalue weighted by atomic mass is 9.86. The van der Waals surface area contributed by atoms with Gasteiger partial charge in [-0.05, 0) is 82.4 Å². The predicted octanol–water partition coefficient (Wildman–Crippen LogP) is 4.60. The summed E-state index contributed by atoms with van der Waals surface area (Å²) in [6.07, 6.45) is -1.78. The van der Waals surface area contributed by atoms with Crippen LogP contribution in [0.15, 0.2) is 30.3 Å². The Bertz CT molecular complexity index is 2240. The number of nitrogens with one attached hydrogen (secondary N) is 5. The molecule has 1 heterocycles. The number of aliphatic hydroxyl groups is 1. The molecule has 3 unspecified atom stereocenters. The Kier molecular flexibility index (Phi) is 32.0. The fourth-order valence-electron chi connectivity index (χ4n) is 10.4. The highest BCUT2D eigenvalue weighted by Gasteiger charge is 2.43. The number of likely N-dealkylation sites (N-methyl/N-ethyl adjacent to an activating group) is 2. The van der Waals surface area contributed by atoms with Crippen LogP contribution < -0.4 is 26.6 Å². The molecule has 0 bridgehead atoms. The van der Waals surface area contributed by atoms with Crippen LogP contribution in [0.25, 0.3) is 0 Å². The average molecular weight is 1210 g/mol. The molecule has 1 saturated heterocycles. The first-order chi connectivity index (χ1) is 39.6. The van der Waals surface area contributed by atoms with Crippen LogP contribution in [0.5, 0.6) is 0 Å². The van der Waals surface area contributed by atoms with Gasteiger partial charge in [0.05, 0.1) is 74.1 Å². The minimum atomic E-state index is -1.05. The molecule has 1 fully saturated rings. The fraction of sp³-hybridized carbons (Fsp3) is 0.774. The number of methoxy groups -OCH3 is 2. The summed E-state index contributed by atoms with van der Waals surface area (Å²) in [5, 5.41) is 23.7. The smallest absolute Gasteiger partial charge is 0.407 e. The van der Waals surface area contributed by atoms with E-state index in [0.717, 1.165) is 5.56 Å². The van der Waals surface area contributed by atoms with Crippen molar-refractivity contribution >= 4 is 47.5 Å². The zero-order valence-electron chi connectivity index (χ0n) is 54.7. The molecule has 0 aliphatic carbocycles. The second-order valence-electron chi connectivity index (χ2n) is 26.1. The molecule has 0 radical (unpaired) electrons. The van der Waals surface area contributed by atoms with E-state index in [1.807, 2.05) is 119 Å². The average Bonchev–Trinajstić information content (AvgIpc) is 3.16. The zero-order valence-corrected chi connectivity index (χ0v) is 54.7. The van der Waals surface area contributed by atoms with Crippen molar-refractivity contribution in [3.63, 3.8) is 0 Å². The first-order valence-electron chi connectivity index (χ1n) is 30.1. The highest BCUT2D eigenvalue weighted by molar-refractivity contribution is 5.90. The van der Waals surface area contributed by atoms with Gasteiger partial charge in [-0.2, -0.15) is 0 Å². The van der Waals surface area contributed by atoms with Crippen LogP contribution in [0.4, 0.5) is 4.79 Å². The lowest BCUT2D eigenvalue weighted by molar-refractivity contribution is -0.247. The van der Waals surface area contributed by atoms with Crippen molar-refractivity contribution < 1.29 is 71.9 Å². The minimum Gasteiger partial charge on any atom is -0.464 e. The summed E-state index contributed by atoms with van der Waals surface area (Å²) >= 11 is 0. The maximum Gasteiger partial charge on any atom is 0.407 e. The molecule has 486 valence electrons. The molecular formula is C62H108N8O15. The third-order valence-electron chi connectivity index (χ3n) is 15.3. The van der Waals surface area contributed by atoms with Gasteiger partial charge in [-0.25, -0.2) is 9.59 Å². The van der Waals surface area contributed by atoms with Crippen molar-refractivity contribution in [2.45, 2.75) is 202 Å². The van der Waals surface area contributed by atoms with Crippen molar-refractivity contribution in [1.29, 1.82) is 0 Å². The maximum atomic E-state index is 14.4. The summed E-state index contributed by atoms with van der Waals surface area (Å²) in [5.41, 5.74) is -1.04. The van der Waals surface area contributed by atoms with Crippen LogP contribution in [-0.2, 0) is 68.4 Å². The van der Waals surface area contributed by atoms with Crippen molar-refractivity contribution in [3.05, 3.63) is 35.9 Å². The molecule has 0 aromatic heterocycles. The highest BCUT2D eigenvalue weighted by Crippen LogP contribution is 2.30. The quantitative estimate of drug-likeness (QED) is 0.0308. The summed E-state index contributed by atoms with van der Waals surface area (Å²) in [5.74, 6) is -3.79. The van der Waals surface area contributed by atoms with Gasteiger partial charge in [0.25, 0.3) is 0 Å². The highest BCUT2D eigenvalue weighted by atomic mass is 16.7. The third kappa shape index (κ3) is 25.8. The molecule has 6 N–H and O–H groups in total. The Morgan fingerprint density at radius 2 is 1.44 bits per heavy atom. The normalized spacial score (nSPS) is 17.5. The number of nitrogens with zero attached hydrogens (tertiary/aromatic N) is 3. The van der Waals surface area contributed by atoms with Crippen LogP contribution in [0.2, 0.25) is 0 Å². The molecule has 7 amide bonds. The lowest BCUT2D eigenvalue weighted by Crippen LogP contribution is -2.55. The number of likely N-dealkylation sites (tertiary alicyclic amines) is 1. The van der Waals surface area contributed by atoms with E-state index in [-0.39, 0.29) is 94.7 Å². The summed E-state index contributed by atoms with van der Waals surface area (Å²) < 4.78 is 34.8. The summed E-state index contributed by atoms with van der Waals surface area (Å²) in [6.45, 7) is 25.6. The van der Waals surface area contributed by atoms with Crippen molar-refractivity contribution in [1.82, 2.24) is 41.3 Å². The predicted molar refractivity (Wildman–Crippen MR) is 324 cm³/mol. The van der Waals surface area contributed by atoms with Gasteiger partial charge in [-0.15, -0.1) is 0 Å². The van der Waals surface area contributed by atoms with Gasteiger partial charge in [0.1, 0.15) is 18.7 Å². The number of amides is 7. The molecule has 1 aromatic rings. The third-order valence-corrected chi connectivity index (χ3v) is 15.3. The molecule has 0 spiro atoms. The lowest BCUT2D eigenvalue weighted by Gasteiger charge is -2.39. The molecular weight excluding hydrogens is 1100 g/mol. The monoisotopic (exact) mass is 1200 g/mol. The number of carbonyl (C=O) groups excluding carboxylic acids is 8. The zero-order chi connectivity index (χ0) is 64.6. The van der Waals surface area contributed by atoms with Gasteiger partial charge in [-0.1, -0.05) is 113 Å². The topological polar surface area (TPSA) is 282 Å². The number of alkyl carbamates (subject to hydrolysis) is 1. The van der Waals surface area contributed by atoms with Crippen LogP contribution in [-0.4, -0.2) is 209 Å². The molecule has 1 aliphatic rings. The summed E-state index contributed by atoms with van der Waals surface area (Å²) in [4.78, 5) is 114. The van der Waals surface area contributed by atoms with Crippen LogP contribution in [0.3, 0.4) is 0 Å². The SMILES string of the molecule is CC[C@@H](C)[C@H]([C@H](CC(=O)N1CCC[C@@H]1[C@@H](OC)[C@H](C)C(=O)N[C@H](Cc1ccccc1)C(=O)NCCCOC(=O)[C@H](NC(=O)CCNC(=O)OCC(OC(CO)C(C)(C)C)OC(C)(C)C)C(C)(C)C)OC)N(C)C(=O)CNC(=O)C(C(C)C)N(C)C. The number of hydrogen-bond donors (Lipinski definition) is 6. The summed E-state index contributed by atoms with van der Waals surface area (Å²) in [6, 6.07) is 5.74. The molecule has 1 aromatic carbocycles. The van der Waals surface area contributed by atoms with E-state index in [1.165, 1.54) is 14.2 Å². The van der Waals surface area contributed by atoms with Gasteiger partial charge in [0.2, 0.25) is 35.4 Å². The van der Waals surface area contributed by atoms with Crippen LogP contribution >= 0.6 is 0 Å². The Morgan fingerprint density at radius 3 is 1.98 bits per heavy atom. The maximum absolute atomic E-state index is 14.4. The first-order valence-corrected chi connectivity index (χ1v) is 30.1. The number of esters is 1. The van der Waals surface area contributed by atoms with E-state index >= 15 is 0 Å². The van der Waals surface area contributed by atoms with E-state index in [2.05, 4.69) is 26.6 Å². The molecule has 2 rings (SSSR count). The largest absolute Gasteiger partial charge is 0.464 e. The molecule has 23 heteroatoms. The molecule has 23 nitrogen and oxygen atoms in total. The molecule has 85 heavy (non-hydrogen) atoms. The number of aliphatic hydroxyl groups excluding tert-OH is 1. The van der Waals surface area contributed by atoms with Gasteiger partial charge >= 0.3 is 12.1 Å². The summed E-state index contributed by atoms with van der Waals surface area (Å²) in [7, 11) is 8.32. The van der Waals surface area contributed by atoms with Crippen molar-refractivity contribution in [2.24, 2.45) is 28.6 Å². The Labute approximate surface area is 507 Å². The van der Waals surface area contributed by atoms with E-state index < -0.39 is 107 Å². The van der Waals surface area contributed by atoms with E-state index in [4.69, 9.17) is 28.4 Å². The van der Waals surface area contributed by atoms with Gasteiger partial charge < -0.3 is 69.9 Å². The van der Waals surface area contributed by atoms with Crippen molar-refractivity contribution in [2.75, 3.05) is 81.4 Å². The Hall–Kier alpha value is -5.46. The minimum absolute atomic E-state index is 0.0214. The van der Waals surface area contributed by atoms with Crippen LogP contribution in [0, 0.1) is 28.6 Å². The van der Waals surface area contributed by atoms with E-state index in [0.29, 0.717) is 25.8 Å². The number of carbonyl (C=O) groups is 8. The van der Waals surface area contributed by atoms with Gasteiger partial charge in [-0.3, -0.25) is 33.7 Å². The molecule has 0 saturated carbocycles. The second kappa shape index (κ2) is 36.0. The standard InChI is InChI=1S/C62H108N8O15/c1-20-40(4)52(69(17)49(74)36-65-57(77)51(39(2)3)68(15)16)45(80-18)35-48(73)70-32-24-28-44(70)53(81-19)41(5)55(75)66-43(34-42-26-22-21-23-27-42)56(76)63-30-25-33-82-58(78)54(61(9,10)11)67-47(72)29-31-64-59(79)83-38-50(85-62(12,13)14)84-46(37-71)60(6,7)8/h21-23,26-27,39-41,43-46,50-54,71H,20,24-25,28-38H2,1-19H3,(H,63,76)(H,64,79)(H,65,77)(H,66,75)(H,67,72)/t40-,41+,43-,44-,45+,46?,50?,51?,52-,53+,54+/m1/s1. The Morgan fingerprint density at radius 1 is 0.788 bits per heavy atom. The number of hydrogen-bond acceptors (Lipinski definition) is 16. The second-order valence-corrected chi connectivity index (χ2v) is 26.1. The number of ether oxygens (including phenoxy) is 6.